The SMILES string of the molecule is CCCCCC/C=C\CCCC(=O)CCCCCC(=O)O. The highest BCUT2D eigenvalue weighted by Crippen LogP contribution is 2.08. The van der Waals surface area contributed by atoms with Crippen molar-refractivity contribution in [1.29, 1.82) is 0 Å². The highest BCUT2D eigenvalue weighted by molar-refractivity contribution is 5.78. The summed E-state index contributed by atoms with van der Waals surface area (Å²) in [7, 11) is 0. The first-order chi connectivity index (χ1) is 10.2. The zero-order valence-corrected chi connectivity index (χ0v) is 13.6. The average Bonchev–Trinajstić information content (AvgIpc) is 2.45. The molecular weight excluding hydrogens is 264 g/mol. The molecule has 0 aliphatic rings. The predicted octanol–water partition coefficient (Wildman–Crippen LogP) is 5.29. The first kappa shape index (κ1) is 19.9. The highest BCUT2D eigenvalue weighted by Gasteiger charge is 2.02. The topological polar surface area (TPSA) is 54.4 Å². The van der Waals surface area contributed by atoms with Crippen molar-refractivity contribution in [3.8, 4) is 0 Å². The lowest BCUT2D eigenvalue weighted by Gasteiger charge is -2.00. The van der Waals surface area contributed by atoms with E-state index in [0.717, 1.165) is 32.1 Å². The minimum Gasteiger partial charge on any atom is -0.481 e. The minimum absolute atomic E-state index is 0.219. The van der Waals surface area contributed by atoms with Gasteiger partial charge in [0.2, 0.25) is 0 Å². The summed E-state index contributed by atoms with van der Waals surface area (Å²) in [6.45, 7) is 2.22. The van der Waals surface area contributed by atoms with Gasteiger partial charge in [0, 0.05) is 19.3 Å². The van der Waals surface area contributed by atoms with E-state index in [-0.39, 0.29) is 6.42 Å². The number of unbranched alkanes of at least 4 members (excludes halogenated alkanes) is 7. The van der Waals surface area contributed by atoms with Crippen molar-refractivity contribution < 1.29 is 14.7 Å². The van der Waals surface area contributed by atoms with Crippen LogP contribution in [0, 0.1) is 0 Å². The zero-order chi connectivity index (χ0) is 15.8. The Morgan fingerprint density at radius 1 is 0.762 bits per heavy atom. The van der Waals surface area contributed by atoms with E-state index in [4.69, 9.17) is 5.11 Å². The van der Waals surface area contributed by atoms with Crippen LogP contribution in [0.25, 0.3) is 0 Å². The molecule has 0 atom stereocenters. The maximum atomic E-state index is 11.6. The van der Waals surface area contributed by atoms with E-state index in [1.54, 1.807) is 0 Å². The van der Waals surface area contributed by atoms with Crippen LogP contribution in [0.15, 0.2) is 12.2 Å². The third-order valence-corrected chi connectivity index (χ3v) is 3.56. The number of carbonyl (C=O) groups is 2. The number of rotatable bonds is 15. The van der Waals surface area contributed by atoms with Crippen LogP contribution in [-0.2, 0) is 9.59 Å². The van der Waals surface area contributed by atoms with Crippen molar-refractivity contribution in [1.82, 2.24) is 0 Å². The van der Waals surface area contributed by atoms with Gasteiger partial charge < -0.3 is 5.11 Å². The van der Waals surface area contributed by atoms with Gasteiger partial charge in [0.05, 0.1) is 0 Å². The number of carboxylic acid groups (broad SMARTS) is 1. The van der Waals surface area contributed by atoms with E-state index in [2.05, 4.69) is 19.1 Å². The van der Waals surface area contributed by atoms with Crippen LogP contribution in [0.4, 0.5) is 0 Å². The maximum absolute atomic E-state index is 11.6. The van der Waals surface area contributed by atoms with E-state index < -0.39 is 5.97 Å². The van der Waals surface area contributed by atoms with Crippen LogP contribution in [-0.4, -0.2) is 16.9 Å². The molecule has 0 unspecified atom stereocenters. The number of carbonyl (C=O) groups excluding carboxylic acids is 1. The van der Waals surface area contributed by atoms with Gasteiger partial charge >= 0.3 is 5.97 Å². The Hall–Kier alpha value is -1.12. The summed E-state index contributed by atoms with van der Waals surface area (Å²) in [4.78, 5) is 21.9. The molecule has 0 spiro atoms. The number of carboxylic acids is 1. The summed E-state index contributed by atoms with van der Waals surface area (Å²) < 4.78 is 0. The van der Waals surface area contributed by atoms with Gasteiger partial charge in [-0.2, -0.15) is 0 Å². The van der Waals surface area contributed by atoms with E-state index in [0.29, 0.717) is 25.0 Å². The molecule has 0 aliphatic heterocycles. The second-order valence-electron chi connectivity index (χ2n) is 5.71. The van der Waals surface area contributed by atoms with E-state index in [1.807, 2.05) is 0 Å². The number of Topliss-reactive ketones (excluding diaryl/α,β-unsaturated/α-hetero) is 1. The van der Waals surface area contributed by atoms with Crippen LogP contribution < -0.4 is 0 Å². The third-order valence-electron chi connectivity index (χ3n) is 3.56. The first-order valence-electron chi connectivity index (χ1n) is 8.55. The molecule has 0 radical (unpaired) electrons. The Bertz CT molecular complexity index is 295. The van der Waals surface area contributed by atoms with Crippen molar-refractivity contribution in [2.24, 2.45) is 0 Å². The molecule has 21 heavy (non-hydrogen) atoms. The van der Waals surface area contributed by atoms with Crippen LogP contribution in [0.3, 0.4) is 0 Å². The second-order valence-corrected chi connectivity index (χ2v) is 5.71. The molecule has 122 valence electrons. The third kappa shape index (κ3) is 16.8. The normalized spacial score (nSPS) is 11.1. The van der Waals surface area contributed by atoms with Crippen molar-refractivity contribution in [3.63, 3.8) is 0 Å². The Morgan fingerprint density at radius 2 is 1.33 bits per heavy atom. The molecule has 0 aromatic rings. The molecule has 0 heterocycles. The lowest BCUT2D eigenvalue weighted by molar-refractivity contribution is -0.137. The number of aliphatic carboxylic acids is 1. The standard InChI is InChI=1S/C18H32O3/c1-2-3-4-5-6-7-8-9-11-14-17(19)15-12-10-13-16-18(20)21/h7-8H,2-6,9-16H2,1H3,(H,20,21)/b8-7-. The van der Waals surface area contributed by atoms with Crippen molar-refractivity contribution in [2.45, 2.75) is 90.4 Å². The summed E-state index contributed by atoms with van der Waals surface area (Å²) in [5.74, 6) is -0.426. The summed E-state index contributed by atoms with van der Waals surface area (Å²) in [6.07, 6.45) is 16.6. The van der Waals surface area contributed by atoms with Gasteiger partial charge in [0.15, 0.2) is 0 Å². The van der Waals surface area contributed by atoms with Gasteiger partial charge in [0.1, 0.15) is 5.78 Å². The van der Waals surface area contributed by atoms with E-state index in [1.165, 1.54) is 25.7 Å². The molecule has 0 rings (SSSR count). The number of hydrogen-bond acceptors (Lipinski definition) is 2. The number of allylic oxidation sites excluding steroid dienone is 2. The highest BCUT2D eigenvalue weighted by atomic mass is 16.4. The fourth-order valence-corrected chi connectivity index (χ4v) is 2.24. The van der Waals surface area contributed by atoms with Crippen LogP contribution >= 0.6 is 0 Å². The molecule has 0 aromatic heterocycles. The van der Waals surface area contributed by atoms with Crippen LogP contribution in [0.2, 0.25) is 0 Å². The summed E-state index contributed by atoms with van der Waals surface area (Å²) >= 11 is 0. The van der Waals surface area contributed by atoms with Crippen LogP contribution in [0.1, 0.15) is 90.4 Å². The monoisotopic (exact) mass is 296 g/mol. The molecule has 0 saturated carbocycles. The molecule has 0 aromatic carbocycles. The molecule has 3 heteroatoms. The summed E-state index contributed by atoms with van der Waals surface area (Å²) in [6, 6.07) is 0. The Labute approximate surface area is 129 Å². The minimum atomic E-state index is -0.747. The van der Waals surface area contributed by atoms with Gasteiger partial charge in [-0.3, -0.25) is 9.59 Å². The fourth-order valence-electron chi connectivity index (χ4n) is 2.24. The molecule has 3 nitrogen and oxygen atoms in total. The summed E-state index contributed by atoms with van der Waals surface area (Å²) in [5.41, 5.74) is 0. The van der Waals surface area contributed by atoms with Crippen molar-refractivity contribution in [3.05, 3.63) is 12.2 Å². The van der Waals surface area contributed by atoms with E-state index in [9.17, 15) is 9.59 Å². The second kappa shape index (κ2) is 15.3. The molecule has 0 fully saturated rings. The molecule has 0 amide bonds. The lowest BCUT2D eigenvalue weighted by Crippen LogP contribution is -1.98. The van der Waals surface area contributed by atoms with Gasteiger partial charge in [-0.1, -0.05) is 44.8 Å². The quantitative estimate of drug-likeness (QED) is 0.330. The number of ketones is 1. The predicted molar refractivity (Wildman–Crippen MR) is 87.5 cm³/mol. The molecule has 0 aliphatic carbocycles. The van der Waals surface area contributed by atoms with Gasteiger partial charge in [-0.15, -0.1) is 0 Å². The Balaban J connectivity index is 3.29. The van der Waals surface area contributed by atoms with Crippen molar-refractivity contribution in [2.75, 3.05) is 0 Å². The Morgan fingerprint density at radius 3 is 2.00 bits per heavy atom. The largest absolute Gasteiger partial charge is 0.481 e. The smallest absolute Gasteiger partial charge is 0.303 e. The maximum Gasteiger partial charge on any atom is 0.303 e. The van der Waals surface area contributed by atoms with Crippen molar-refractivity contribution >= 4 is 11.8 Å². The Kier molecular flexibility index (Phi) is 14.5. The van der Waals surface area contributed by atoms with Gasteiger partial charge in [-0.25, -0.2) is 0 Å². The van der Waals surface area contributed by atoms with Crippen LogP contribution in [0.5, 0.6) is 0 Å². The molecular formula is C18H32O3. The molecule has 0 saturated heterocycles. The first-order valence-corrected chi connectivity index (χ1v) is 8.55. The number of hydrogen-bond donors (Lipinski definition) is 1. The molecule has 1 N–H and O–H groups in total. The lowest BCUT2D eigenvalue weighted by atomic mass is 10.1. The summed E-state index contributed by atoms with van der Waals surface area (Å²) in [5, 5.41) is 8.50. The van der Waals surface area contributed by atoms with Gasteiger partial charge in [-0.05, 0) is 38.5 Å². The fraction of sp³-hybridized carbons (Fsp3) is 0.778. The van der Waals surface area contributed by atoms with E-state index >= 15 is 0 Å². The van der Waals surface area contributed by atoms with Gasteiger partial charge in [0.25, 0.3) is 0 Å². The zero-order valence-electron chi connectivity index (χ0n) is 13.6. The molecule has 0 bridgehead atoms. The average molecular weight is 296 g/mol.